The smallest absolute Gasteiger partial charge is 0.0991 e. The molecule has 5 nitrogen and oxygen atoms in total. The molecule has 0 bridgehead atoms. The zero-order valence-corrected chi connectivity index (χ0v) is 15.4. The van der Waals surface area contributed by atoms with E-state index in [2.05, 4.69) is 42.4 Å². The number of imidazole rings is 1. The van der Waals surface area contributed by atoms with E-state index >= 15 is 0 Å². The summed E-state index contributed by atoms with van der Waals surface area (Å²) in [5, 5.41) is 22.6. The molecule has 0 aliphatic carbocycles. The summed E-state index contributed by atoms with van der Waals surface area (Å²) in [4.78, 5) is 4.44. The Morgan fingerprint density at radius 1 is 1.19 bits per heavy atom. The van der Waals surface area contributed by atoms with E-state index in [1.165, 1.54) is 11.1 Å². The summed E-state index contributed by atoms with van der Waals surface area (Å²) in [5.74, 6) is 0. The number of hydrogen-bond acceptors (Lipinski definition) is 4. The van der Waals surface area contributed by atoms with Gasteiger partial charge in [0.25, 0.3) is 0 Å². The fourth-order valence-corrected chi connectivity index (χ4v) is 3.03. The number of aryl methyl sites for hydroxylation is 2. The third-order valence-electron chi connectivity index (χ3n) is 4.84. The second kappa shape index (κ2) is 7.69. The van der Waals surface area contributed by atoms with Crippen LogP contribution >= 0.6 is 0 Å². The van der Waals surface area contributed by atoms with Gasteiger partial charge < -0.3 is 15.0 Å². The number of nitrogens with one attached hydrogen (secondary N) is 1. The minimum absolute atomic E-state index is 0.0989. The van der Waals surface area contributed by atoms with E-state index in [0.717, 1.165) is 16.6 Å². The lowest BCUT2D eigenvalue weighted by Gasteiger charge is -2.18. The highest BCUT2D eigenvalue weighted by Crippen LogP contribution is 2.19. The first-order valence-corrected chi connectivity index (χ1v) is 8.81. The van der Waals surface area contributed by atoms with E-state index in [4.69, 9.17) is 5.26 Å². The van der Waals surface area contributed by atoms with Crippen LogP contribution in [0, 0.1) is 25.2 Å². The second-order valence-corrected chi connectivity index (χ2v) is 6.84. The van der Waals surface area contributed by atoms with Gasteiger partial charge in [0, 0.05) is 12.6 Å². The van der Waals surface area contributed by atoms with E-state index in [9.17, 15) is 5.11 Å². The number of benzene rings is 2. The van der Waals surface area contributed by atoms with Crippen molar-refractivity contribution in [2.45, 2.75) is 39.5 Å². The molecule has 0 amide bonds. The maximum absolute atomic E-state index is 10.4. The summed E-state index contributed by atoms with van der Waals surface area (Å²) in [5.41, 5.74) is 6.20. The number of rotatable bonds is 6. The van der Waals surface area contributed by atoms with E-state index in [1.807, 2.05) is 35.8 Å². The molecule has 5 heteroatoms. The number of hydrogen-bond donors (Lipinski definition) is 2. The molecule has 2 atom stereocenters. The van der Waals surface area contributed by atoms with Crippen molar-refractivity contribution in [1.82, 2.24) is 14.9 Å². The van der Waals surface area contributed by atoms with E-state index in [-0.39, 0.29) is 6.04 Å². The summed E-state index contributed by atoms with van der Waals surface area (Å²) >= 11 is 0. The predicted octanol–water partition coefficient (Wildman–Crippen LogP) is 3.24. The Balaban J connectivity index is 1.61. The van der Waals surface area contributed by atoms with E-state index in [0.29, 0.717) is 18.7 Å². The van der Waals surface area contributed by atoms with E-state index in [1.54, 1.807) is 6.33 Å². The number of aliphatic hydroxyl groups is 1. The van der Waals surface area contributed by atoms with E-state index < -0.39 is 6.10 Å². The number of aliphatic hydroxyl groups excluding tert-OH is 1. The number of nitriles is 1. The minimum atomic E-state index is -0.519. The normalized spacial score (nSPS) is 13.5. The molecule has 2 unspecified atom stereocenters. The maximum Gasteiger partial charge on any atom is 0.0991 e. The van der Waals surface area contributed by atoms with Crippen molar-refractivity contribution in [1.29, 1.82) is 5.26 Å². The second-order valence-electron chi connectivity index (χ2n) is 6.84. The van der Waals surface area contributed by atoms with Crippen LogP contribution in [0.3, 0.4) is 0 Å². The van der Waals surface area contributed by atoms with Gasteiger partial charge in [-0.2, -0.15) is 5.26 Å². The van der Waals surface area contributed by atoms with Crippen LogP contribution in [0.1, 0.15) is 35.2 Å². The topological polar surface area (TPSA) is 73.9 Å². The fourth-order valence-electron chi connectivity index (χ4n) is 3.03. The predicted molar refractivity (Wildman–Crippen MR) is 103 cm³/mol. The van der Waals surface area contributed by atoms with Gasteiger partial charge in [0.2, 0.25) is 0 Å². The van der Waals surface area contributed by atoms with Gasteiger partial charge in [-0.15, -0.1) is 0 Å². The molecule has 0 aliphatic heterocycles. The fraction of sp³-hybridized carbons (Fsp3) is 0.333. The highest BCUT2D eigenvalue weighted by atomic mass is 16.3. The molecule has 2 aromatic carbocycles. The molecule has 2 N–H and O–H groups in total. The van der Waals surface area contributed by atoms with Gasteiger partial charge in [-0.25, -0.2) is 4.98 Å². The van der Waals surface area contributed by atoms with Gasteiger partial charge >= 0.3 is 0 Å². The van der Waals surface area contributed by atoms with Crippen LogP contribution in [-0.4, -0.2) is 27.3 Å². The third kappa shape index (κ3) is 3.93. The van der Waals surface area contributed by atoms with Crippen LogP contribution in [0.2, 0.25) is 0 Å². The molecule has 134 valence electrons. The van der Waals surface area contributed by atoms with Crippen LogP contribution in [-0.2, 0) is 6.54 Å². The van der Waals surface area contributed by atoms with Gasteiger partial charge in [-0.1, -0.05) is 12.1 Å². The third-order valence-corrected chi connectivity index (χ3v) is 4.84. The molecule has 0 spiro atoms. The molecule has 0 radical (unpaired) electrons. The van der Waals surface area contributed by atoms with Gasteiger partial charge in [0.15, 0.2) is 0 Å². The largest absolute Gasteiger partial charge is 0.390 e. The molecule has 3 rings (SSSR count). The number of nitrogens with zero attached hydrogens (tertiary/aromatic N) is 3. The Morgan fingerprint density at radius 3 is 2.58 bits per heavy atom. The van der Waals surface area contributed by atoms with Gasteiger partial charge in [-0.05, 0) is 61.7 Å². The first kappa shape index (κ1) is 18.1. The summed E-state index contributed by atoms with van der Waals surface area (Å²) < 4.78 is 2.00. The van der Waals surface area contributed by atoms with Crippen LogP contribution in [0.5, 0.6) is 0 Å². The summed E-state index contributed by atoms with van der Waals surface area (Å²) in [6.07, 6.45) is 1.27. The zero-order chi connectivity index (χ0) is 18.7. The highest BCUT2D eigenvalue weighted by Gasteiger charge is 2.12. The molecular weight excluding hydrogens is 324 g/mol. The Kier molecular flexibility index (Phi) is 5.36. The number of fused-ring (bicyclic) bond motifs is 1. The van der Waals surface area contributed by atoms with Crippen molar-refractivity contribution in [3.05, 3.63) is 65.0 Å². The minimum Gasteiger partial charge on any atom is -0.390 e. The van der Waals surface area contributed by atoms with Crippen LogP contribution < -0.4 is 5.32 Å². The molecule has 0 fully saturated rings. The lowest BCUT2D eigenvalue weighted by molar-refractivity contribution is 0.149. The Hall–Kier alpha value is -2.68. The Morgan fingerprint density at radius 2 is 1.88 bits per heavy atom. The lowest BCUT2D eigenvalue weighted by Crippen LogP contribution is -2.31. The average Bonchev–Trinajstić information content (AvgIpc) is 3.01. The number of aromatic nitrogens is 2. The SMILES string of the molecule is Cc1cc2ncn(CC(O)CNC(C)c3ccc(C#N)cc3)c2cc1C. The van der Waals surface area contributed by atoms with Crippen LogP contribution in [0.25, 0.3) is 11.0 Å². The molecule has 0 aliphatic rings. The quantitative estimate of drug-likeness (QED) is 0.717. The molecule has 0 saturated carbocycles. The zero-order valence-electron chi connectivity index (χ0n) is 15.4. The van der Waals surface area contributed by atoms with Gasteiger partial charge in [0.1, 0.15) is 0 Å². The average molecular weight is 348 g/mol. The Bertz CT molecular complexity index is 937. The van der Waals surface area contributed by atoms with Gasteiger partial charge in [0.05, 0.1) is 41.6 Å². The van der Waals surface area contributed by atoms with Crippen molar-refractivity contribution < 1.29 is 5.11 Å². The first-order chi connectivity index (χ1) is 12.5. The van der Waals surface area contributed by atoms with Crippen molar-refractivity contribution in [2.24, 2.45) is 0 Å². The molecule has 1 heterocycles. The van der Waals surface area contributed by atoms with Gasteiger partial charge in [-0.3, -0.25) is 0 Å². The summed E-state index contributed by atoms with van der Waals surface area (Å²) in [7, 11) is 0. The first-order valence-electron chi connectivity index (χ1n) is 8.81. The van der Waals surface area contributed by atoms with Crippen molar-refractivity contribution in [3.63, 3.8) is 0 Å². The molecule has 1 aromatic heterocycles. The van der Waals surface area contributed by atoms with Crippen LogP contribution in [0.15, 0.2) is 42.7 Å². The molecule has 26 heavy (non-hydrogen) atoms. The van der Waals surface area contributed by atoms with Crippen molar-refractivity contribution >= 4 is 11.0 Å². The lowest BCUT2D eigenvalue weighted by atomic mass is 10.1. The monoisotopic (exact) mass is 348 g/mol. The van der Waals surface area contributed by atoms with Crippen LogP contribution in [0.4, 0.5) is 0 Å². The molecule has 3 aromatic rings. The molecular formula is C21H24N4O. The van der Waals surface area contributed by atoms with Crippen molar-refractivity contribution in [2.75, 3.05) is 6.54 Å². The standard InChI is InChI=1S/C21H24N4O/c1-14-8-20-21(9-15(14)2)25(13-24-20)12-19(26)11-23-16(3)18-6-4-17(10-22)5-7-18/h4-9,13,16,19,23,26H,11-12H2,1-3H3. The summed E-state index contributed by atoms with van der Waals surface area (Å²) in [6.45, 7) is 7.19. The van der Waals surface area contributed by atoms with Crippen molar-refractivity contribution in [3.8, 4) is 6.07 Å². The Labute approximate surface area is 153 Å². The maximum atomic E-state index is 10.4. The summed E-state index contributed by atoms with van der Waals surface area (Å²) in [6, 6.07) is 13.9. The highest BCUT2D eigenvalue weighted by molar-refractivity contribution is 5.77. The molecule has 0 saturated heterocycles.